The van der Waals surface area contributed by atoms with Crippen LogP contribution < -0.4 is 4.72 Å². The molecule has 0 aliphatic heterocycles. The zero-order valence-electron chi connectivity index (χ0n) is 16.3. The van der Waals surface area contributed by atoms with Gasteiger partial charge in [-0.25, -0.2) is 8.42 Å². The monoisotopic (exact) mass is 448 g/mol. The molecule has 0 aliphatic carbocycles. The lowest BCUT2D eigenvalue weighted by molar-refractivity contribution is 0.603. The van der Waals surface area contributed by atoms with E-state index in [2.05, 4.69) is 25.0 Å². The van der Waals surface area contributed by atoms with Gasteiger partial charge in [-0.3, -0.25) is 9.71 Å². The number of anilines is 1. The normalized spacial score (nSPS) is 11.6. The summed E-state index contributed by atoms with van der Waals surface area (Å²) in [6.45, 7) is 1.87. The molecule has 0 atom stereocenters. The van der Waals surface area contributed by atoms with Crippen LogP contribution >= 0.6 is 11.3 Å². The van der Waals surface area contributed by atoms with Gasteiger partial charge in [0.15, 0.2) is 5.65 Å². The zero-order chi connectivity index (χ0) is 21.4. The number of hydrogen-bond donors (Lipinski definition) is 1. The van der Waals surface area contributed by atoms with Crippen LogP contribution in [0.1, 0.15) is 4.88 Å². The Morgan fingerprint density at radius 2 is 1.84 bits per heavy atom. The summed E-state index contributed by atoms with van der Waals surface area (Å²) in [6, 6.07) is 19.7. The lowest BCUT2D eigenvalue weighted by Crippen LogP contribution is -2.11. The van der Waals surface area contributed by atoms with Gasteiger partial charge in [0.1, 0.15) is 9.90 Å². The van der Waals surface area contributed by atoms with Gasteiger partial charge < -0.3 is 0 Å². The molecule has 31 heavy (non-hydrogen) atoms. The minimum absolute atomic E-state index is 0.277. The predicted octanol–water partition coefficient (Wildman–Crippen LogP) is 4.02. The number of benzene rings is 1. The number of rotatable bonds is 5. The average Bonchev–Trinajstić information content (AvgIpc) is 3.40. The molecular formula is C21H16N6O2S2. The maximum absolute atomic E-state index is 12.7. The fourth-order valence-electron chi connectivity index (χ4n) is 3.10. The molecule has 0 unspecified atom stereocenters. The first kappa shape index (κ1) is 19.3. The molecule has 0 saturated carbocycles. The molecule has 154 valence electrons. The first-order valence-electron chi connectivity index (χ1n) is 9.33. The van der Waals surface area contributed by atoms with Gasteiger partial charge in [0, 0.05) is 22.3 Å². The van der Waals surface area contributed by atoms with E-state index in [1.165, 1.54) is 11.3 Å². The van der Waals surface area contributed by atoms with Gasteiger partial charge in [-0.1, -0.05) is 18.2 Å². The maximum atomic E-state index is 12.7. The molecule has 4 aromatic heterocycles. The van der Waals surface area contributed by atoms with Crippen LogP contribution in [-0.4, -0.2) is 33.2 Å². The summed E-state index contributed by atoms with van der Waals surface area (Å²) in [5, 5.41) is 13.0. The molecule has 0 amide bonds. The van der Waals surface area contributed by atoms with Gasteiger partial charge in [-0.2, -0.15) is 9.61 Å². The van der Waals surface area contributed by atoms with E-state index in [-0.39, 0.29) is 4.21 Å². The van der Waals surface area contributed by atoms with Crippen LogP contribution in [0.15, 0.2) is 77.1 Å². The van der Waals surface area contributed by atoms with E-state index in [4.69, 9.17) is 0 Å². The van der Waals surface area contributed by atoms with Crippen molar-refractivity contribution in [2.75, 3.05) is 4.72 Å². The van der Waals surface area contributed by atoms with Gasteiger partial charge in [0.2, 0.25) is 5.82 Å². The highest BCUT2D eigenvalue weighted by atomic mass is 32.2. The fraction of sp³-hybridized carbons (Fsp3) is 0.0476. The summed E-state index contributed by atoms with van der Waals surface area (Å²) >= 11 is 1.23. The second-order valence-corrected chi connectivity index (χ2v) is 9.98. The number of pyridine rings is 1. The quantitative estimate of drug-likeness (QED) is 0.436. The zero-order valence-corrected chi connectivity index (χ0v) is 17.9. The number of hydrogen-bond acceptors (Lipinski definition) is 7. The number of nitrogens with one attached hydrogen (secondary N) is 1. The number of aromatic nitrogens is 5. The molecule has 4 heterocycles. The Morgan fingerprint density at radius 3 is 2.61 bits per heavy atom. The molecule has 0 bridgehead atoms. The molecule has 1 aromatic carbocycles. The van der Waals surface area contributed by atoms with Crippen molar-refractivity contribution in [1.29, 1.82) is 0 Å². The number of aryl methyl sites for hydroxylation is 1. The van der Waals surface area contributed by atoms with E-state index in [0.29, 0.717) is 28.5 Å². The van der Waals surface area contributed by atoms with E-state index in [9.17, 15) is 8.42 Å². The molecule has 1 N–H and O–H groups in total. The number of fused-ring (bicyclic) bond motifs is 1. The van der Waals surface area contributed by atoms with E-state index >= 15 is 0 Å². The van der Waals surface area contributed by atoms with Crippen molar-refractivity contribution in [3.63, 3.8) is 0 Å². The van der Waals surface area contributed by atoms with E-state index in [1.807, 2.05) is 43.3 Å². The van der Waals surface area contributed by atoms with E-state index in [0.717, 1.165) is 10.4 Å². The molecule has 0 aliphatic rings. The average molecular weight is 449 g/mol. The Balaban J connectivity index is 1.51. The number of sulfonamides is 1. The van der Waals surface area contributed by atoms with Crippen LogP contribution in [0.3, 0.4) is 0 Å². The highest BCUT2D eigenvalue weighted by molar-refractivity contribution is 7.94. The van der Waals surface area contributed by atoms with Crippen LogP contribution in [0, 0.1) is 6.92 Å². The Labute approximate surface area is 182 Å². The smallest absolute Gasteiger partial charge is 0.271 e. The summed E-state index contributed by atoms with van der Waals surface area (Å²) in [5.74, 6) is 0.530. The molecule has 0 radical (unpaired) electrons. The van der Waals surface area contributed by atoms with Gasteiger partial charge in [-0.05, 0) is 55.5 Å². The highest BCUT2D eigenvalue weighted by Gasteiger charge is 2.17. The molecule has 0 fully saturated rings. The summed E-state index contributed by atoms with van der Waals surface area (Å²) in [7, 11) is -3.65. The first-order chi connectivity index (χ1) is 15.0. The van der Waals surface area contributed by atoms with Gasteiger partial charge in [0.25, 0.3) is 10.0 Å². The third-order valence-corrected chi connectivity index (χ3v) is 7.42. The Bertz CT molecular complexity index is 1490. The maximum Gasteiger partial charge on any atom is 0.271 e. The molecule has 8 nitrogen and oxygen atoms in total. The Kier molecular flexibility index (Phi) is 4.72. The van der Waals surface area contributed by atoms with E-state index in [1.54, 1.807) is 41.0 Å². The van der Waals surface area contributed by atoms with Gasteiger partial charge >= 0.3 is 0 Å². The van der Waals surface area contributed by atoms with Crippen molar-refractivity contribution in [2.24, 2.45) is 0 Å². The standard InChI is InChI=1S/C21H16N6O2S2/c1-14-8-11-20(30-14)31(28,29)26-16-6-4-5-15(13-16)17-9-10-19-23-24-21(27(19)25-17)18-7-2-3-12-22-18/h2-13,26H,1H3. The van der Waals surface area contributed by atoms with Crippen molar-refractivity contribution < 1.29 is 8.42 Å². The second kappa shape index (κ2) is 7.56. The lowest BCUT2D eigenvalue weighted by Gasteiger charge is -2.08. The topological polar surface area (TPSA) is 102 Å². The molecule has 10 heteroatoms. The number of nitrogens with zero attached hydrogens (tertiary/aromatic N) is 5. The summed E-state index contributed by atoms with van der Waals surface area (Å²) in [6.07, 6.45) is 1.69. The summed E-state index contributed by atoms with van der Waals surface area (Å²) < 4.78 is 29.9. The van der Waals surface area contributed by atoms with Crippen molar-refractivity contribution >= 4 is 32.7 Å². The fourth-order valence-corrected chi connectivity index (χ4v) is 5.43. The molecule has 5 aromatic rings. The lowest BCUT2D eigenvalue weighted by atomic mass is 10.1. The van der Waals surface area contributed by atoms with Crippen molar-refractivity contribution in [3.05, 3.63) is 77.8 Å². The van der Waals surface area contributed by atoms with Crippen LogP contribution in [0.5, 0.6) is 0 Å². The Hall–Kier alpha value is -3.63. The number of thiophene rings is 1. The molecule has 0 saturated heterocycles. The van der Waals surface area contributed by atoms with Crippen molar-refractivity contribution in [2.45, 2.75) is 11.1 Å². The largest absolute Gasteiger partial charge is 0.279 e. The predicted molar refractivity (Wildman–Crippen MR) is 119 cm³/mol. The van der Waals surface area contributed by atoms with Crippen molar-refractivity contribution in [1.82, 2.24) is 24.8 Å². The third-order valence-electron chi connectivity index (χ3n) is 4.55. The van der Waals surface area contributed by atoms with Crippen LogP contribution in [0.25, 0.3) is 28.4 Å². The summed E-state index contributed by atoms with van der Waals surface area (Å²) in [4.78, 5) is 5.25. The van der Waals surface area contributed by atoms with Crippen LogP contribution in [0.2, 0.25) is 0 Å². The first-order valence-corrected chi connectivity index (χ1v) is 11.6. The minimum Gasteiger partial charge on any atom is -0.279 e. The molecular weight excluding hydrogens is 432 g/mol. The minimum atomic E-state index is -3.65. The van der Waals surface area contributed by atoms with Crippen LogP contribution in [0.4, 0.5) is 5.69 Å². The third kappa shape index (κ3) is 3.78. The molecule has 0 spiro atoms. The van der Waals surface area contributed by atoms with Gasteiger partial charge in [0.05, 0.1) is 5.69 Å². The Morgan fingerprint density at radius 1 is 0.935 bits per heavy atom. The van der Waals surface area contributed by atoms with Gasteiger partial charge in [-0.15, -0.1) is 21.5 Å². The van der Waals surface area contributed by atoms with Crippen molar-refractivity contribution in [3.8, 4) is 22.8 Å². The second-order valence-electron chi connectivity index (χ2n) is 6.78. The summed E-state index contributed by atoms with van der Waals surface area (Å²) in [5.41, 5.74) is 3.11. The highest BCUT2D eigenvalue weighted by Crippen LogP contribution is 2.26. The SMILES string of the molecule is Cc1ccc(S(=O)(=O)Nc2cccc(-c3ccc4nnc(-c5ccccn5)n4n3)c2)s1. The molecule has 5 rings (SSSR count). The van der Waals surface area contributed by atoms with E-state index < -0.39 is 10.0 Å². The van der Waals surface area contributed by atoms with Crippen LogP contribution in [-0.2, 0) is 10.0 Å².